The number of nitrogens with zero attached hydrogens (tertiary/aromatic N) is 2. The van der Waals surface area contributed by atoms with Gasteiger partial charge in [-0.1, -0.05) is 19.1 Å². The second-order valence-electron chi connectivity index (χ2n) is 5.13. The Morgan fingerprint density at radius 2 is 1.85 bits per heavy atom. The molecule has 0 radical (unpaired) electrons. The fourth-order valence-electron chi connectivity index (χ4n) is 2.39. The first kappa shape index (κ1) is 15.2. The van der Waals surface area contributed by atoms with E-state index in [-0.39, 0.29) is 12.4 Å². The first-order valence-corrected chi connectivity index (χ1v) is 7.19. The molecule has 1 atom stereocenters. The van der Waals surface area contributed by atoms with Crippen molar-refractivity contribution in [2.45, 2.75) is 13.0 Å². The first-order chi connectivity index (χ1) is 9.69. The predicted molar refractivity (Wildman–Crippen MR) is 76.5 cm³/mol. The zero-order chi connectivity index (χ0) is 14.4. The van der Waals surface area contributed by atoms with Crippen LogP contribution in [0.1, 0.15) is 6.92 Å². The number of hydrogen-bond acceptors (Lipinski definition) is 4. The molecule has 1 heterocycles. The number of para-hydroxylation sites is 1. The Hall–Kier alpha value is -1.17. The Morgan fingerprint density at radius 1 is 1.20 bits per heavy atom. The van der Waals surface area contributed by atoms with E-state index in [9.17, 15) is 9.50 Å². The molecule has 5 heteroatoms. The smallest absolute Gasteiger partial charge is 0.165 e. The van der Waals surface area contributed by atoms with E-state index in [1.54, 1.807) is 18.2 Å². The maximum Gasteiger partial charge on any atom is 0.165 e. The lowest BCUT2D eigenvalue weighted by molar-refractivity contribution is 0.0462. The van der Waals surface area contributed by atoms with E-state index in [0.717, 1.165) is 32.7 Å². The number of benzene rings is 1. The SMILES string of the molecule is CCN1CCN(C[C@@H](O)COc2ccccc2F)CC1. The highest BCUT2D eigenvalue weighted by molar-refractivity contribution is 5.23. The second-order valence-corrected chi connectivity index (χ2v) is 5.13. The van der Waals surface area contributed by atoms with E-state index in [1.807, 2.05) is 0 Å². The van der Waals surface area contributed by atoms with Crippen LogP contribution in [-0.2, 0) is 0 Å². The third-order valence-corrected chi connectivity index (χ3v) is 3.65. The number of hydrogen-bond donors (Lipinski definition) is 1. The molecule has 112 valence electrons. The molecule has 1 fully saturated rings. The summed E-state index contributed by atoms with van der Waals surface area (Å²) in [5, 5.41) is 9.97. The minimum atomic E-state index is -0.595. The minimum Gasteiger partial charge on any atom is -0.488 e. The molecule has 1 saturated heterocycles. The molecule has 0 bridgehead atoms. The van der Waals surface area contributed by atoms with Crippen LogP contribution >= 0.6 is 0 Å². The van der Waals surface area contributed by atoms with Gasteiger partial charge in [0.1, 0.15) is 12.7 Å². The molecule has 1 aromatic carbocycles. The molecule has 20 heavy (non-hydrogen) atoms. The van der Waals surface area contributed by atoms with Gasteiger partial charge >= 0.3 is 0 Å². The molecule has 1 aliphatic rings. The van der Waals surface area contributed by atoms with E-state index in [1.165, 1.54) is 6.07 Å². The summed E-state index contributed by atoms with van der Waals surface area (Å²) in [6.45, 7) is 7.93. The van der Waals surface area contributed by atoms with Crippen LogP contribution in [0.4, 0.5) is 4.39 Å². The van der Waals surface area contributed by atoms with Gasteiger partial charge in [-0.3, -0.25) is 4.90 Å². The van der Waals surface area contributed by atoms with Crippen LogP contribution in [-0.4, -0.2) is 66.9 Å². The van der Waals surface area contributed by atoms with Crippen molar-refractivity contribution in [2.24, 2.45) is 0 Å². The van der Waals surface area contributed by atoms with Gasteiger partial charge in [-0.05, 0) is 18.7 Å². The van der Waals surface area contributed by atoms with Gasteiger partial charge in [-0.2, -0.15) is 0 Å². The molecular formula is C15H23FN2O2. The zero-order valence-corrected chi connectivity index (χ0v) is 12.0. The highest BCUT2D eigenvalue weighted by Gasteiger charge is 2.18. The topological polar surface area (TPSA) is 35.9 Å². The summed E-state index contributed by atoms with van der Waals surface area (Å²) in [6, 6.07) is 6.26. The van der Waals surface area contributed by atoms with Crippen LogP contribution in [0.5, 0.6) is 5.75 Å². The highest BCUT2D eigenvalue weighted by atomic mass is 19.1. The Bertz CT molecular complexity index is 409. The first-order valence-electron chi connectivity index (χ1n) is 7.19. The van der Waals surface area contributed by atoms with Crippen molar-refractivity contribution in [3.63, 3.8) is 0 Å². The Labute approximate surface area is 119 Å². The molecule has 1 N–H and O–H groups in total. The fourth-order valence-corrected chi connectivity index (χ4v) is 2.39. The number of ether oxygens (including phenoxy) is 1. The summed E-state index contributed by atoms with van der Waals surface area (Å²) in [4.78, 5) is 4.61. The normalized spacial score (nSPS) is 18.9. The van der Waals surface area contributed by atoms with E-state index < -0.39 is 11.9 Å². The number of β-amino-alcohol motifs (C(OH)–C–C–N with tert-alkyl or cyclic N) is 1. The summed E-state index contributed by atoms with van der Waals surface area (Å²) in [5.74, 6) is -0.196. The largest absolute Gasteiger partial charge is 0.488 e. The highest BCUT2D eigenvalue weighted by Crippen LogP contribution is 2.15. The number of likely N-dealkylation sites (N-methyl/N-ethyl adjacent to an activating group) is 1. The van der Waals surface area contributed by atoms with Gasteiger partial charge in [0, 0.05) is 32.7 Å². The Kier molecular flexibility index (Phi) is 5.76. The molecule has 0 amide bonds. The van der Waals surface area contributed by atoms with Crippen LogP contribution in [0.2, 0.25) is 0 Å². The molecule has 1 aromatic rings. The summed E-state index contributed by atoms with van der Waals surface area (Å²) >= 11 is 0. The lowest BCUT2D eigenvalue weighted by Gasteiger charge is -2.34. The van der Waals surface area contributed by atoms with Gasteiger partial charge in [0.15, 0.2) is 11.6 Å². The molecule has 1 aliphatic heterocycles. The van der Waals surface area contributed by atoms with E-state index >= 15 is 0 Å². The van der Waals surface area contributed by atoms with Crippen molar-refractivity contribution in [2.75, 3.05) is 45.9 Å². The van der Waals surface area contributed by atoms with Crippen molar-refractivity contribution in [1.82, 2.24) is 9.80 Å². The van der Waals surface area contributed by atoms with Crippen molar-refractivity contribution in [3.8, 4) is 5.75 Å². The maximum absolute atomic E-state index is 13.4. The number of halogens is 1. The monoisotopic (exact) mass is 282 g/mol. The third kappa shape index (κ3) is 4.44. The van der Waals surface area contributed by atoms with E-state index in [0.29, 0.717) is 6.54 Å². The number of rotatable bonds is 6. The third-order valence-electron chi connectivity index (χ3n) is 3.65. The molecular weight excluding hydrogens is 259 g/mol. The fraction of sp³-hybridized carbons (Fsp3) is 0.600. The second kappa shape index (κ2) is 7.57. The number of aliphatic hydroxyl groups is 1. The van der Waals surface area contributed by atoms with Crippen molar-refractivity contribution in [3.05, 3.63) is 30.1 Å². The number of piperazine rings is 1. The maximum atomic E-state index is 13.4. The molecule has 2 rings (SSSR count). The van der Waals surface area contributed by atoms with Crippen molar-refractivity contribution >= 4 is 0 Å². The molecule has 0 spiro atoms. The molecule has 0 saturated carbocycles. The Balaban J connectivity index is 1.71. The summed E-state index contributed by atoms with van der Waals surface area (Å²) in [6.07, 6.45) is -0.595. The van der Waals surface area contributed by atoms with Crippen LogP contribution in [0.25, 0.3) is 0 Å². The van der Waals surface area contributed by atoms with Crippen LogP contribution in [0.15, 0.2) is 24.3 Å². The quantitative estimate of drug-likeness (QED) is 0.850. The summed E-state index contributed by atoms with van der Waals surface area (Å²) in [5.41, 5.74) is 0. The van der Waals surface area contributed by atoms with Gasteiger partial charge in [0.2, 0.25) is 0 Å². The molecule has 4 nitrogen and oxygen atoms in total. The van der Waals surface area contributed by atoms with Crippen LogP contribution < -0.4 is 4.74 Å². The predicted octanol–water partition coefficient (Wildman–Crippen LogP) is 1.20. The average molecular weight is 282 g/mol. The van der Waals surface area contributed by atoms with Gasteiger partial charge in [0.05, 0.1) is 0 Å². The Morgan fingerprint density at radius 3 is 2.50 bits per heavy atom. The van der Waals surface area contributed by atoms with Gasteiger partial charge < -0.3 is 14.7 Å². The van der Waals surface area contributed by atoms with Gasteiger partial charge in [-0.15, -0.1) is 0 Å². The summed E-state index contributed by atoms with van der Waals surface area (Å²) < 4.78 is 18.7. The summed E-state index contributed by atoms with van der Waals surface area (Å²) in [7, 11) is 0. The number of aliphatic hydroxyl groups excluding tert-OH is 1. The molecule has 0 unspecified atom stereocenters. The minimum absolute atomic E-state index is 0.120. The standard InChI is InChI=1S/C15H23FN2O2/c1-2-17-7-9-18(10-8-17)11-13(19)12-20-15-6-4-3-5-14(15)16/h3-6,13,19H,2,7-12H2,1H3/t13-/m1/s1. The van der Waals surface area contributed by atoms with E-state index in [4.69, 9.17) is 4.74 Å². The van der Waals surface area contributed by atoms with Crippen molar-refractivity contribution in [1.29, 1.82) is 0 Å². The lowest BCUT2D eigenvalue weighted by atomic mass is 10.2. The van der Waals surface area contributed by atoms with Gasteiger partial charge in [-0.25, -0.2) is 4.39 Å². The van der Waals surface area contributed by atoms with Crippen molar-refractivity contribution < 1.29 is 14.2 Å². The van der Waals surface area contributed by atoms with E-state index in [2.05, 4.69) is 16.7 Å². The zero-order valence-electron chi connectivity index (χ0n) is 12.0. The van der Waals surface area contributed by atoms with Crippen LogP contribution in [0, 0.1) is 5.82 Å². The molecule has 0 aliphatic carbocycles. The van der Waals surface area contributed by atoms with Gasteiger partial charge in [0.25, 0.3) is 0 Å². The lowest BCUT2D eigenvalue weighted by Crippen LogP contribution is -2.49. The average Bonchev–Trinajstić information content (AvgIpc) is 2.47. The van der Waals surface area contributed by atoms with Crippen LogP contribution in [0.3, 0.4) is 0 Å². The molecule has 0 aromatic heterocycles.